The van der Waals surface area contributed by atoms with Crippen molar-refractivity contribution in [2.75, 3.05) is 4.90 Å². The van der Waals surface area contributed by atoms with Crippen molar-refractivity contribution in [1.82, 2.24) is 0 Å². The molecule has 1 heterocycles. The molecule has 2 aliphatic rings. The van der Waals surface area contributed by atoms with Crippen LogP contribution in [0.25, 0.3) is 75.8 Å². The van der Waals surface area contributed by atoms with Crippen molar-refractivity contribution in [3.63, 3.8) is 0 Å². The SMILES string of the molecule is CC1(C)c2ccccc2-c2cc3c(cc21)-c1c(N(c2ccc(-c4ccc(-c5ccccc5)cc4)cc2)c2ccc(-c4ccc5sc6ccccc6c5c4)cc2)cccc1C3(C)C. The maximum Gasteiger partial charge on any atom is 0.0543 e. The first-order chi connectivity index (χ1) is 30.2. The quantitative estimate of drug-likeness (QED) is 0.162. The molecule has 0 saturated carbocycles. The highest BCUT2D eigenvalue weighted by Crippen LogP contribution is 2.59. The molecule has 0 spiro atoms. The van der Waals surface area contributed by atoms with Crippen LogP contribution in [0, 0.1) is 0 Å². The summed E-state index contributed by atoms with van der Waals surface area (Å²) in [6.45, 7) is 9.59. The predicted molar refractivity (Wildman–Crippen MR) is 265 cm³/mol. The highest BCUT2D eigenvalue weighted by atomic mass is 32.1. The Morgan fingerprint density at radius 2 is 0.839 bits per heavy atom. The van der Waals surface area contributed by atoms with Gasteiger partial charge in [-0.05, 0) is 133 Å². The molecule has 2 heteroatoms. The number of thiophene rings is 1. The number of anilines is 3. The largest absolute Gasteiger partial charge is 0.310 e. The summed E-state index contributed by atoms with van der Waals surface area (Å²) in [5.74, 6) is 0. The fourth-order valence-electron chi connectivity index (χ4n) is 10.6. The van der Waals surface area contributed by atoms with E-state index >= 15 is 0 Å². The average Bonchev–Trinajstić information content (AvgIpc) is 3.88. The molecule has 0 radical (unpaired) electrons. The number of fused-ring (bicyclic) bond motifs is 9. The van der Waals surface area contributed by atoms with E-state index in [9.17, 15) is 0 Å². The van der Waals surface area contributed by atoms with Gasteiger partial charge in [0, 0.05) is 47.9 Å². The van der Waals surface area contributed by atoms with Crippen molar-refractivity contribution in [3.05, 3.63) is 222 Å². The molecular formula is C60H45NS. The van der Waals surface area contributed by atoms with Crippen LogP contribution in [-0.2, 0) is 10.8 Å². The van der Waals surface area contributed by atoms with Crippen LogP contribution in [0.4, 0.5) is 17.1 Å². The predicted octanol–water partition coefficient (Wildman–Crippen LogP) is 17.1. The second-order valence-corrected chi connectivity index (χ2v) is 19.2. The smallest absolute Gasteiger partial charge is 0.0543 e. The summed E-state index contributed by atoms with van der Waals surface area (Å²) in [6, 6.07) is 74.6. The van der Waals surface area contributed by atoms with E-state index in [4.69, 9.17) is 0 Å². The first kappa shape index (κ1) is 36.8. The average molecular weight is 812 g/mol. The van der Waals surface area contributed by atoms with Gasteiger partial charge in [-0.3, -0.25) is 0 Å². The van der Waals surface area contributed by atoms with E-state index in [1.165, 1.54) is 104 Å². The minimum absolute atomic E-state index is 0.0915. The van der Waals surface area contributed by atoms with Crippen molar-refractivity contribution < 1.29 is 0 Å². The minimum Gasteiger partial charge on any atom is -0.310 e. The van der Waals surface area contributed by atoms with E-state index in [2.05, 4.69) is 233 Å². The molecule has 0 bridgehead atoms. The number of hydrogen-bond acceptors (Lipinski definition) is 2. The lowest BCUT2D eigenvalue weighted by molar-refractivity contribution is 0.652. The second-order valence-electron chi connectivity index (χ2n) is 18.1. The summed E-state index contributed by atoms with van der Waals surface area (Å²) >= 11 is 1.87. The van der Waals surface area contributed by atoms with Crippen LogP contribution in [0.15, 0.2) is 200 Å². The van der Waals surface area contributed by atoms with Crippen LogP contribution in [0.2, 0.25) is 0 Å². The van der Waals surface area contributed by atoms with E-state index in [1.54, 1.807) is 0 Å². The maximum atomic E-state index is 2.54. The van der Waals surface area contributed by atoms with Gasteiger partial charge in [0.1, 0.15) is 0 Å². The molecule has 9 aromatic carbocycles. The highest BCUT2D eigenvalue weighted by molar-refractivity contribution is 7.25. The van der Waals surface area contributed by atoms with Gasteiger partial charge in [-0.25, -0.2) is 0 Å². The van der Waals surface area contributed by atoms with Crippen LogP contribution in [0.5, 0.6) is 0 Å². The molecule has 0 aliphatic heterocycles. The summed E-state index contributed by atoms with van der Waals surface area (Å²) in [4.78, 5) is 2.48. The van der Waals surface area contributed by atoms with Gasteiger partial charge in [-0.1, -0.05) is 167 Å². The van der Waals surface area contributed by atoms with E-state index < -0.39 is 0 Å². The normalized spacial score (nSPS) is 14.1. The third kappa shape index (κ3) is 5.60. The molecular weight excluding hydrogens is 767 g/mol. The number of nitrogens with zero attached hydrogens (tertiary/aromatic N) is 1. The standard InChI is InChI=1S/C60H45NS/c1-59(2)51-17-10-8-15-46(51)48-36-54-50(37-53(48)59)58-52(60(54,3)4)18-12-19-55(58)61(44-30-25-41(26-31-44)40-23-21-39(22-24-40)38-13-6-5-7-14-38)45-32-27-42(28-33-45)43-29-34-57-49(35-43)47-16-9-11-20-56(47)62-57/h5-37H,1-4H3. The molecule has 12 rings (SSSR count). The molecule has 0 N–H and O–H groups in total. The lowest BCUT2D eigenvalue weighted by Crippen LogP contribution is -2.17. The molecule has 0 unspecified atom stereocenters. The lowest BCUT2D eigenvalue weighted by atomic mass is 9.79. The molecule has 10 aromatic rings. The van der Waals surface area contributed by atoms with Gasteiger partial charge in [0.25, 0.3) is 0 Å². The Kier molecular flexibility index (Phi) is 8.17. The summed E-state index contributed by atoms with van der Waals surface area (Å²) in [5, 5.41) is 2.65. The third-order valence-corrected chi connectivity index (χ3v) is 15.1. The summed E-state index contributed by atoms with van der Waals surface area (Å²) in [5.41, 5.74) is 21.5. The van der Waals surface area contributed by atoms with Crippen LogP contribution in [-0.4, -0.2) is 0 Å². The van der Waals surface area contributed by atoms with Crippen molar-refractivity contribution in [3.8, 4) is 55.6 Å². The van der Waals surface area contributed by atoms with Gasteiger partial charge in [0.2, 0.25) is 0 Å². The van der Waals surface area contributed by atoms with Crippen LogP contribution < -0.4 is 4.90 Å². The van der Waals surface area contributed by atoms with E-state index in [0.717, 1.165) is 11.4 Å². The monoisotopic (exact) mass is 811 g/mol. The topological polar surface area (TPSA) is 3.24 Å². The second kappa shape index (κ2) is 13.8. The number of hydrogen-bond donors (Lipinski definition) is 0. The fraction of sp³-hybridized carbons (Fsp3) is 0.100. The molecule has 1 aromatic heterocycles. The molecule has 296 valence electrons. The van der Waals surface area contributed by atoms with Crippen molar-refractivity contribution >= 4 is 48.6 Å². The summed E-state index contributed by atoms with van der Waals surface area (Å²) in [6.07, 6.45) is 0. The van der Waals surface area contributed by atoms with Crippen molar-refractivity contribution in [1.29, 1.82) is 0 Å². The first-order valence-electron chi connectivity index (χ1n) is 21.7. The maximum absolute atomic E-state index is 2.54. The first-order valence-corrected chi connectivity index (χ1v) is 22.6. The van der Waals surface area contributed by atoms with Gasteiger partial charge in [-0.2, -0.15) is 0 Å². The zero-order valence-corrected chi connectivity index (χ0v) is 36.2. The minimum atomic E-state index is -0.173. The molecule has 0 amide bonds. The fourth-order valence-corrected chi connectivity index (χ4v) is 11.7. The van der Waals surface area contributed by atoms with Gasteiger partial charge >= 0.3 is 0 Å². The highest BCUT2D eigenvalue weighted by Gasteiger charge is 2.43. The van der Waals surface area contributed by atoms with Gasteiger partial charge in [0.05, 0.1) is 5.69 Å². The summed E-state index contributed by atoms with van der Waals surface area (Å²) in [7, 11) is 0. The van der Waals surface area contributed by atoms with Gasteiger partial charge < -0.3 is 4.90 Å². The lowest BCUT2D eigenvalue weighted by Gasteiger charge is -2.29. The van der Waals surface area contributed by atoms with E-state index in [-0.39, 0.29) is 10.8 Å². The number of benzene rings is 9. The Morgan fingerprint density at radius 1 is 0.339 bits per heavy atom. The van der Waals surface area contributed by atoms with Crippen molar-refractivity contribution in [2.45, 2.75) is 38.5 Å². The van der Waals surface area contributed by atoms with Gasteiger partial charge in [0.15, 0.2) is 0 Å². The Bertz CT molecular complexity index is 3370. The molecule has 0 fully saturated rings. The Hall–Kier alpha value is -7.00. The zero-order valence-electron chi connectivity index (χ0n) is 35.4. The Labute approximate surface area is 368 Å². The Balaban J connectivity index is 0.994. The number of rotatable bonds is 6. The van der Waals surface area contributed by atoms with E-state index in [0.29, 0.717) is 0 Å². The molecule has 1 nitrogen and oxygen atoms in total. The Morgan fingerprint density at radius 3 is 1.55 bits per heavy atom. The van der Waals surface area contributed by atoms with Crippen LogP contribution >= 0.6 is 11.3 Å². The van der Waals surface area contributed by atoms with Crippen LogP contribution in [0.3, 0.4) is 0 Å². The third-order valence-electron chi connectivity index (χ3n) is 13.9. The van der Waals surface area contributed by atoms with E-state index in [1.807, 2.05) is 11.3 Å². The molecule has 0 saturated heterocycles. The summed E-state index contributed by atoms with van der Waals surface area (Å²) < 4.78 is 2.66. The molecule has 0 atom stereocenters. The van der Waals surface area contributed by atoms with Gasteiger partial charge in [-0.15, -0.1) is 11.3 Å². The van der Waals surface area contributed by atoms with Crippen molar-refractivity contribution in [2.24, 2.45) is 0 Å². The zero-order chi connectivity index (χ0) is 41.7. The molecule has 2 aliphatic carbocycles. The van der Waals surface area contributed by atoms with Crippen LogP contribution in [0.1, 0.15) is 49.9 Å². The molecule has 62 heavy (non-hydrogen) atoms.